The summed E-state index contributed by atoms with van der Waals surface area (Å²) in [6.07, 6.45) is 1.47. The van der Waals surface area contributed by atoms with E-state index in [1.54, 1.807) is 7.05 Å². The van der Waals surface area contributed by atoms with Gasteiger partial charge in [-0.2, -0.15) is 0 Å². The molecule has 1 heterocycles. The zero-order valence-electron chi connectivity index (χ0n) is 12.3. The van der Waals surface area contributed by atoms with Gasteiger partial charge in [0.1, 0.15) is 11.5 Å². The highest BCUT2D eigenvalue weighted by atomic mass is 19.1. The van der Waals surface area contributed by atoms with E-state index in [4.69, 9.17) is 5.11 Å². The Bertz CT molecular complexity index is 637. The van der Waals surface area contributed by atoms with E-state index in [1.165, 1.54) is 35.2 Å². The predicted molar refractivity (Wildman–Crippen MR) is 80.0 cm³/mol. The Morgan fingerprint density at radius 2 is 1.91 bits per heavy atom. The number of amides is 2. The third-order valence-corrected chi connectivity index (χ3v) is 3.41. The monoisotopic (exact) mass is 304 g/mol. The van der Waals surface area contributed by atoms with E-state index in [2.05, 4.69) is 6.58 Å². The lowest BCUT2D eigenvalue weighted by Gasteiger charge is -2.19. The van der Waals surface area contributed by atoms with Crippen LogP contribution in [0, 0.1) is 5.82 Å². The van der Waals surface area contributed by atoms with Crippen LogP contribution in [0.5, 0.6) is 0 Å². The van der Waals surface area contributed by atoms with Crippen molar-refractivity contribution in [2.75, 3.05) is 26.7 Å². The average molecular weight is 304 g/mol. The van der Waals surface area contributed by atoms with Gasteiger partial charge < -0.3 is 10.0 Å². The van der Waals surface area contributed by atoms with Gasteiger partial charge in [0.25, 0.3) is 11.8 Å². The van der Waals surface area contributed by atoms with E-state index in [-0.39, 0.29) is 31.0 Å². The van der Waals surface area contributed by atoms with Gasteiger partial charge in [0, 0.05) is 20.1 Å². The molecule has 0 bridgehead atoms. The molecule has 1 aliphatic rings. The fourth-order valence-corrected chi connectivity index (χ4v) is 2.35. The highest BCUT2D eigenvalue weighted by Gasteiger charge is 2.39. The first-order chi connectivity index (χ1) is 10.5. The van der Waals surface area contributed by atoms with Gasteiger partial charge in [0.2, 0.25) is 0 Å². The Labute approximate surface area is 127 Å². The highest BCUT2D eigenvalue weighted by molar-refractivity contribution is 6.35. The van der Waals surface area contributed by atoms with E-state index >= 15 is 0 Å². The van der Waals surface area contributed by atoms with Gasteiger partial charge in [0.15, 0.2) is 0 Å². The van der Waals surface area contributed by atoms with Gasteiger partial charge in [0.05, 0.1) is 12.2 Å². The maximum absolute atomic E-state index is 13.1. The average Bonchev–Trinajstić information content (AvgIpc) is 2.73. The largest absolute Gasteiger partial charge is 0.395 e. The molecule has 1 N–H and O–H groups in total. The van der Waals surface area contributed by atoms with Gasteiger partial charge in [-0.15, -0.1) is 6.58 Å². The van der Waals surface area contributed by atoms with Crippen molar-refractivity contribution >= 4 is 17.4 Å². The van der Waals surface area contributed by atoms with E-state index in [1.807, 2.05) is 0 Å². The molecule has 0 atom stereocenters. The van der Waals surface area contributed by atoms with Gasteiger partial charge in [-0.25, -0.2) is 4.39 Å². The maximum atomic E-state index is 13.1. The van der Waals surface area contributed by atoms with E-state index < -0.39 is 17.6 Å². The molecule has 0 aromatic heterocycles. The Morgan fingerprint density at radius 3 is 2.45 bits per heavy atom. The van der Waals surface area contributed by atoms with Gasteiger partial charge >= 0.3 is 0 Å². The number of hydrogen-bond acceptors (Lipinski definition) is 4. The molecule has 0 fully saturated rings. The second-order valence-corrected chi connectivity index (χ2v) is 4.89. The lowest BCUT2D eigenvalue weighted by Crippen LogP contribution is -2.34. The normalized spacial score (nSPS) is 14.8. The Morgan fingerprint density at radius 1 is 1.27 bits per heavy atom. The number of likely N-dealkylation sites (N-methyl/N-ethyl adjacent to an activating group) is 1. The number of halogens is 1. The van der Waals surface area contributed by atoms with Crippen molar-refractivity contribution in [1.29, 1.82) is 0 Å². The maximum Gasteiger partial charge on any atom is 0.278 e. The summed E-state index contributed by atoms with van der Waals surface area (Å²) in [5, 5.41) is 9.07. The predicted octanol–water partition coefficient (Wildman–Crippen LogP) is 1.02. The molecule has 0 spiro atoms. The lowest BCUT2D eigenvalue weighted by atomic mass is 10.0. The third-order valence-electron chi connectivity index (χ3n) is 3.41. The standard InChI is InChI=1S/C16H17FN2O3/c1-3-8-19-15(21)13(11-4-6-12(17)7-5-11)14(16(19)22)18(2)9-10-20/h3-7,20H,1,8-10H2,2H3. The Kier molecular flexibility index (Phi) is 4.72. The van der Waals surface area contributed by atoms with Crippen LogP contribution in [0.25, 0.3) is 5.57 Å². The molecule has 0 unspecified atom stereocenters. The summed E-state index contributed by atoms with van der Waals surface area (Å²) in [6.45, 7) is 3.69. The summed E-state index contributed by atoms with van der Waals surface area (Å²) < 4.78 is 13.1. The van der Waals surface area contributed by atoms with Crippen molar-refractivity contribution in [1.82, 2.24) is 9.80 Å². The summed E-state index contributed by atoms with van der Waals surface area (Å²) in [4.78, 5) is 27.6. The van der Waals surface area contributed by atoms with Crippen molar-refractivity contribution in [2.24, 2.45) is 0 Å². The number of benzene rings is 1. The minimum absolute atomic E-state index is 0.0961. The molecule has 2 rings (SSSR count). The molecule has 116 valence electrons. The molecule has 1 aromatic rings. The van der Waals surface area contributed by atoms with E-state index in [0.717, 1.165) is 4.90 Å². The SMILES string of the molecule is C=CCN1C(=O)C(c2ccc(F)cc2)=C(N(C)CCO)C1=O. The third kappa shape index (κ3) is 2.78. The fraction of sp³-hybridized carbons (Fsp3) is 0.250. The second-order valence-electron chi connectivity index (χ2n) is 4.89. The highest BCUT2D eigenvalue weighted by Crippen LogP contribution is 2.30. The molecule has 6 heteroatoms. The molecule has 1 aliphatic heterocycles. The van der Waals surface area contributed by atoms with Gasteiger partial charge in [-0.05, 0) is 17.7 Å². The van der Waals surface area contributed by atoms with Crippen LogP contribution in [0.1, 0.15) is 5.56 Å². The molecule has 2 amide bonds. The summed E-state index contributed by atoms with van der Waals surface area (Å²) >= 11 is 0. The Balaban J connectivity index is 2.54. The number of rotatable bonds is 6. The van der Waals surface area contributed by atoms with Crippen LogP contribution in [0.3, 0.4) is 0 Å². The molecule has 1 aromatic carbocycles. The van der Waals surface area contributed by atoms with Crippen LogP contribution in [0.4, 0.5) is 4.39 Å². The molecule has 0 saturated heterocycles. The van der Waals surface area contributed by atoms with Crippen LogP contribution >= 0.6 is 0 Å². The van der Waals surface area contributed by atoms with Crippen LogP contribution < -0.4 is 0 Å². The number of carbonyl (C=O) groups excluding carboxylic acids is 2. The van der Waals surface area contributed by atoms with E-state index in [9.17, 15) is 14.0 Å². The topological polar surface area (TPSA) is 60.9 Å². The minimum Gasteiger partial charge on any atom is -0.395 e. The van der Waals surface area contributed by atoms with Crippen LogP contribution in [-0.2, 0) is 9.59 Å². The van der Waals surface area contributed by atoms with Crippen molar-refractivity contribution in [3.8, 4) is 0 Å². The zero-order valence-corrected chi connectivity index (χ0v) is 12.3. The van der Waals surface area contributed by atoms with Gasteiger partial charge in [-0.3, -0.25) is 14.5 Å². The fourth-order valence-electron chi connectivity index (χ4n) is 2.35. The molecule has 0 saturated carbocycles. The number of hydrogen-bond donors (Lipinski definition) is 1. The minimum atomic E-state index is -0.448. The number of aliphatic hydroxyl groups excluding tert-OH is 1. The molecule has 0 aliphatic carbocycles. The van der Waals surface area contributed by atoms with Crippen LogP contribution in [-0.4, -0.2) is 53.5 Å². The van der Waals surface area contributed by atoms with E-state index in [0.29, 0.717) is 5.56 Å². The Hall–Kier alpha value is -2.47. The number of aliphatic hydroxyl groups is 1. The molecular weight excluding hydrogens is 287 g/mol. The van der Waals surface area contributed by atoms with Crippen LogP contribution in [0.15, 0.2) is 42.6 Å². The lowest BCUT2D eigenvalue weighted by molar-refractivity contribution is -0.136. The molecule has 0 radical (unpaired) electrons. The summed E-state index contributed by atoms with van der Waals surface area (Å²) in [7, 11) is 1.62. The number of carbonyl (C=O) groups is 2. The quantitative estimate of drug-likeness (QED) is 0.629. The number of nitrogens with zero attached hydrogens (tertiary/aromatic N) is 2. The second kappa shape index (κ2) is 6.53. The van der Waals surface area contributed by atoms with Crippen molar-refractivity contribution in [3.63, 3.8) is 0 Å². The summed E-state index contributed by atoms with van der Waals surface area (Å²) in [5.74, 6) is -1.31. The molecule has 22 heavy (non-hydrogen) atoms. The molecule has 5 nitrogen and oxygen atoms in total. The van der Waals surface area contributed by atoms with Crippen molar-refractivity contribution in [3.05, 3.63) is 54.0 Å². The number of imide groups is 1. The first-order valence-corrected chi connectivity index (χ1v) is 6.80. The smallest absolute Gasteiger partial charge is 0.278 e. The van der Waals surface area contributed by atoms with Crippen molar-refractivity contribution in [2.45, 2.75) is 0 Å². The first-order valence-electron chi connectivity index (χ1n) is 6.80. The van der Waals surface area contributed by atoms with Crippen LogP contribution in [0.2, 0.25) is 0 Å². The van der Waals surface area contributed by atoms with Crippen molar-refractivity contribution < 1.29 is 19.1 Å². The zero-order chi connectivity index (χ0) is 16.3. The molecular formula is C16H17FN2O3. The first kappa shape index (κ1) is 15.9. The van der Waals surface area contributed by atoms with Gasteiger partial charge in [-0.1, -0.05) is 18.2 Å². The summed E-state index contributed by atoms with van der Waals surface area (Å²) in [6, 6.07) is 5.39. The summed E-state index contributed by atoms with van der Waals surface area (Å²) in [5.41, 5.74) is 0.876.